The first-order chi connectivity index (χ1) is 8.02. The van der Waals surface area contributed by atoms with E-state index in [-0.39, 0.29) is 23.8 Å². The molecular formula is C13H23NO4. The van der Waals surface area contributed by atoms with Gasteiger partial charge in [0.25, 0.3) is 0 Å². The number of rotatable bonds is 3. The molecule has 0 radical (unpaired) electrons. The Morgan fingerprint density at radius 2 is 1.94 bits per heavy atom. The maximum atomic E-state index is 11.6. The summed E-state index contributed by atoms with van der Waals surface area (Å²) in [5.74, 6) is -0.682. The van der Waals surface area contributed by atoms with E-state index < -0.39 is 17.7 Å². The van der Waals surface area contributed by atoms with Crippen molar-refractivity contribution in [3.05, 3.63) is 0 Å². The fourth-order valence-corrected chi connectivity index (χ4v) is 2.27. The summed E-state index contributed by atoms with van der Waals surface area (Å²) in [4.78, 5) is 22.3. The number of ether oxygens (including phenoxy) is 1. The van der Waals surface area contributed by atoms with E-state index in [4.69, 9.17) is 9.84 Å². The smallest absolute Gasteiger partial charge is 0.407 e. The molecule has 1 amide bonds. The molecular weight excluding hydrogens is 234 g/mol. The molecule has 104 valence electrons. The van der Waals surface area contributed by atoms with Crippen molar-refractivity contribution in [3.63, 3.8) is 0 Å². The Morgan fingerprint density at radius 3 is 2.33 bits per heavy atom. The van der Waals surface area contributed by atoms with Crippen LogP contribution in [0.3, 0.4) is 0 Å². The van der Waals surface area contributed by atoms with Gasteiger partial charge in [-0.05, 0) is 38.5 Å². The van der Waals surface area contributed by atoms with Crippen molar-refractivity contribution in [2.75, 3.05) is 0 Å². The molecule has 0 aromatic carbocycles. The number of nitrogens with one attached hydrogen (secondary N) is 1. The standard InChI is InChI=1S/C13H23NO4/c1-12(2,3)18-11(17)14-9-6-8(7-10(15)16)13(9,4)5/h8-9H,6-7H2,1-5H3,(H,14,17)(H,15,16)/t8-,9-/m1/s1. The maximum absolute atomic E-state index is 11.6. The number of carboxylic acids is 1. The quantitative estimate of drug-likeness (QED) is 0.814. The molecule has 5 nitrogen and oxygen atoms in total. The third-order valence-electron chi connectivity index (χ3n) is 3.58. The molecule has 1 aliphatic carbocycles. The number of alkyl carbamates (subject to hydrolysis) is 1. The van der Waals surface area contributed by atoms with Gasteiger partial charge in [-0.1, -0.05) is 13.8 Å². The SMILES string of the molecule is CC(C)(C)OC(=O)N[C@@H]1C[C@H](CC(=O)O)C1(C)C. The van der Waals surface area contributed by atoms with E-state index >= 15 is 0 Å². The van der Waals surface area contributed by atoms with Crippen LogP contribution in [-0.2, 0) is 9.53 Å². The van der Waals surface area contributed by atoms with Gasteiger partial charge in [-0.2, -0.15) is 0 Å². The van der Waals surface area contributed by atoms with Crippen molar-refractivity contribution < 1.29 is 19.4 Å². The van der Waals surface area contributed by atoms with Crippen LogP contribution in [-0.4, -0.2) is 28.8 Å². The number of aliphatic carboxylic acids is 1. The summed E-state index contributed by atoms with van der Waals surface area (Å²) in [6.45, 7) is 9.39. The highest BCUT2D eigenvalue weighted by molar-refractivity contribution is 5.69. The minimum Gasteiger partial charge on any atom is -0.481 e. The van der Waals surface area contributed by atoms with Crippen molar-refractivity contribution in [1.82, 2.24) is 5.32 Å². The highest BCUT2D eigenvalue weighted by Gasteiger charge is 2.49. The number of carbonyl (C=O) groups excluding carboxylic acids is 1. The maximum Gasteiger partial charge on any atom is 0.407 e. The Hall–Kier alpha value is -1.26. The van der Waals surface area contributed by atoms with E-state index in [0.717, 1.165) is 0 Å². The molecule has 0 aromatic heterocycles. The summed E-state index contributed by atoms with van der Waals surface area (Å²) >= 11 is 0. The van der Waals surface area contributed by atoms with Gasteiger partial charge in [0.15, 0.2) is 0 Å². The van der Waals surface area contributed by atoms with Gasteiger partial charge in [0, 0.05) is 12.5 Å². The number of hydrogen-bond acceptors (Lipinski definition) is 3. The van der Waals surface area contributed by atoms with Gasteiger partial charge in [0.05, 0.1) is 0 Å². The molecule has 2 N–H and O–H groups in total. The summed E-state index contributed by atoms with van der Waals surface area (Å²) in [6.07, 6.45) is 0.409. The number of hydrogen-bond donors (Lipinski definition) is 2. The molecule has 1 fully saturated rings. The van der Waals surface area contributed by atoms with E-state index in [0.29, 0.717) is 6.42 Å². The van der Waals surface area contributed by atoms with Crippen molar-refractivity contribution in [2.24, 2.45) is 11.3 Å². The zero-order valence-corrected chi connectivity index (χ0v) is 11.7. The van der Waals surface area contributed by atoms with Crippen LogP contribution in [0, 0.1) is 11.3 Å². The number of carbonyl (C=O) groups is 2. The molecule has 0 saturated heterocycles. The second-order valence-corrected chi connectivity index (χ2v) is 6.55. The van der Waals surface area contributed by atoms with Crippen molar-refractivity contribution in [3.8, 4) is 0 Å². The van der Waals surface area contributed by atoms with E-state index in [9.17, 15) is 9.59 Å². The summed E-state index contributed by atoms with van der Waals surface area (Å²) in [5, 5.41) is 11.6. The number of carboxylic acid groups (broad SMARTS) is 1. The second-order valence-electron chi connectivity index (χ2n) is 6.55. The van der Waals surface area contributed by atoms with Gasteiger partial charge < -0.3 is 15.2 Å². The fraction of sp³-hybridized carbons (Fsp3) is 0.846. The first-order valence-electron chi connectivity index (χ1n) is 6.23. The Kier molecular flexibility index (Phi) is 3.93. The van der Waals surface area contributed by atoms with Crippen molar-refractivity contribution in [1.29, 1.82) is 0 Å². The molecule has 18 heavy (non-hydrogen) atoms. The van der Waals surface area contributed by atoms with Crippen LogP contribution in [0.25, 0.3) is 0 Å². The normalized spacial score (nSPS) is 26.1. The fourth-order valence-electron chi connectivity index (χ4n) is 2.27. The van der Waals surface area contributed by atoms with Crippen LogP contribution >= 0.6 is 0 Å². The van der Waals surface area contributed by atoms with Gasteiger partial charge >= 0.3 is 12.1 Å². The van der Waals surface area contributed by atoms with Gasteiger partial charge in [-0.15, -0.1) is 0 Å². The third-order valence-corrected chi connectivity index (χ3v) is 3.58. The first kappa shape index (κ1) is 14.8. The Morgan fingerprint density at radius 1 is 1.39 bits per heavy atom. The lowest BCUT2D eigenvalue weighted by molar-refractivity contribution is -0.141. The van der Waals surface area contributed by atoms with Gasteiger partial charge in [0.1, 0.15) is 5.60 Å². The van der Waals surface area contributed by atoms with E-state index in [2.05, 4.69) is 5.32 Å². The van der Waals surface area contributed by atoms with Crippen LogP contribution in [0.5, 0.6) is 0 Å². The highest BCUT2D eigenvalue weighted by Crippen LogP contribution is 2.48. The van der Waals surface area contributed by atoms with Crippen molar-refractivity contribution >= 4 is 12.1 Å². The molecule has 0 spiro atoms. The van der Waals surface area contributed by atoms with Gasteiger partial charge in [-0.3, -0.25) is 4.79 Å². The van der Waals surface area contributed by atoms with E-state index in [1.807, 2.05) is 34.6 Å². The third kappa shape index (κ3) is 3.62. The number of amides is 1. The molecule has 0 aliphatic heterocycles. The zero-order valence-electron chi connectivity index (χ0n) is 11.7. The minimum atomic E-state index is -0.788. The predicted octanol–water partition coefficient (Wildman–Crippen LogP) is 2.40. The molecule has 0 aromatic rings. The molecule has 1 rings (SSSR count). The monoisotopic (exact) mass is 257 g/mol. The van der Waals surface area contributed by atoms with E-state index in [1.165, 1.54) is 0 Å². The second kappa shape index (κ2) is 4.78. The molecule has 1 aliphatic rings. The van der Waals surface area contributed by atoms with Crippen LogP contribution in [0.4, 0.5) is 4.79 Å². The first-order valence-corrected chi connectivity index (χ1v) is 6.23. The van der Waals surface area contributed by atoms with Crippen LogP contribution in [0.1, 0.15) is 47.5 Å². The topological polar surface area (TPSA) is 75.6 Å². The zero-order chi connectivity index (χ0) is 14.1. The van der Waals surface area contributed by atoms with Crippen molar-refractivity contribution in [2.45, 2.75) is 59.1 Å². The van der Waals surface area contributed by atoms with Gasteiger partial charge in [0.2, 0.25) is 0 Å². The lowest BCUT2D eigenvalue weighted by atomic mass is 9.57. The highest BCUT2D eigenvalue weighted by atomic mass is 16.6. The minimum absolute atomic E-state index is 0.0169. The lowest BCUT2D eigenvalue weighted by Crippen LogP contribution is -2.59. The average molecular weight is 257 g/mol. The average Bonchev–Trinajstić information content (AvgIpc) is 2.12. The molecule has 0 bridgehead atoms. The van der Waals surface area contributed by atoms with Crippen LogP contribution in [0.2, 0.25) is 0 Å². The molecule has 0 unspecified atom stereocenters. The Balaban J connectivity index is 2.47. The van der Waals surface area contributed by atoms with Crippen LogP contribution < -0.4 is 5.32 Å². The summed E-state index contributed by atoms with van der Waals surface area (Å²) in [7, 11) is 0. The Bertz CT molecular complexity index is 343. The largest absolute Gasteiger partial charge is 0.481 e. The van der Waals surface area contributed by atoms with Crippen LogP contribution in [0.15, 0.2) is 0 Å². The molecule has 5 heteroatoms. The van der Waals surface area contributed by atoms with Gasteiger partial charge in [-0.25, -0.2) is 4.79 Å². The molecule has 1 saturated carbocycles. The lowest BCUT2D eigenvalue weighted by Gasteiger charge is -2.51. The summed E-state index contributed by atoms with van der Waals surface area (Å²) in [5.41, 5.74) is -0.715. The van der Waals surface area contributed by atoms with E-state index in [1.54, 1.807) is 0 Å². The summed E-state index contributed by atoms with van der Waals surface area (Å²) in [6, 6.07) is -0.0169. The molecule has 0 heterocycles. The predicted molar refractivity (Wildman–Crippen MR) is 67.3 cm³/mol. The molecule has 2 atom stereocenters. The summed E-state index contributed by atoms with van der Waals surface area (Å²) < 4.78 is 5.19. The Labute approximate surface area is 108 Å².